The Morgan fingerprint density at radius 2 is 1.55 bits per heavy atom. The summed E-state index contributed by atoms with van der Waals surface area (Å²) in [7, 11) is 0. The van der Waals surface area contributed by atoms with Crippen LogP contribution in [0.3, 0.4) is 0 Å². The molecule has 0 heterocycles. The van der Waals surface area contributed by atoms with Crippen molar-refractivity contribution in [1.29, 1.82) is 0 Å². The zero-order valence-electron chi connectivity index (χ0n) is 10.7. The van der Waals surface area contributed by atoms with Crippen LogP contribution >= 0.6 is 0 Å². The number of benzene rings is 1. The Morgan fingerprint density at radius 1 is 1.00 bits per heavy atom. The first-order chi connectivity index (χ1) is 9.43. The van der Waals surface area contributed by atoms with Gasteiger partial charge in [0.15, 0.2) is 23.3 Å². The normalized spacial score (nSPS) is 20.7. The topological polar surface area (TPSA) is 21.6 Å². The monoisotopic (exact) mass is 293 g/mol. The SMILES string of the molecule is CC1CCC/C1=N\OCc1c(F)c(F)c(F)c(F)c1F. The van der Waals surface area contributed by atoms with Crippen LogP contribution in [0.2, 0.25) is 0 Å². The van der Waals surface area contributed by atoms with Crippen molar-refractivity contribution >= 4 is 5.71 Å². The predicted octanol–water partition coefficient (Wildman–Crippen LogP) is 4.07. The molecule has 0 bridgehead atoms. The van der Waals surface area contributed by atoms with Crippen LogP contribution in [-0.4, -0.2) is 5.71 Å². The highest BCUT2D eigenvalue weighted by atomic mass is 19.2. The van der Waals surface area contributed by atoms with E-state index in [1.54, 1.807) is 0 Å². The van der Waals surface area contributed by atoms with Crippen molar-refractivity contribution < 1.29 is 26.8 Å². The van der Waals surface area contributed by atoms with E-state index in [0.29, 0.717) is 6.42 Å². The Kier molecular flexibility index (Phi) is 4.25. The first kappa shape index (κ1) is 14.7. The van der Waals surface area contributed by atoms with Gasteiger partial charge in [-0.2, -0.15) is 0 Å². The Bertz CT molecular complexity index is 529. The van der Waals surface area contributed by atoms with Gasteiger partial charge in [-0.15, -0.1) is 0 Å². The number of rotatable bonds is 3. The number of nitrogens with zero attached hydrogens (tertiary/aromatic N) is 1. The number of oxime groups is 1. The van der Waals surface area contributed by atoms with E-state index >= 15 is 0 Å². The van der Waals surface area contributed by atoms with Crippen molar-refractivity contribution in [2.24, 2.45) is 11.1 Å². The van der Waals surface area contributed by atoms with Gasteiger partial charge in [-0.3, -0.25) is 0 Å². The summed E-state index contributed by atoms with van der Waals surface area (Å²) < 4.78 is 65.4. The van der Waals surface area contributed by atoms with Crippen LogP contribution in [0.5, 0.6) is 0 Å². The van der Waals surface area contributed by atoms with Gasteiger partial charge in [0.1, 0.15) is 6.61 Å². The molecule has 0 spiro atoms. The summed E-state index contributed by atoms with van der Waals surface area (Å²) in [5, 5.41) is 3.71. The van der Waals surface area contributed by atoms with Crippen molar-refractivity contribution in [2.75, 3.05) is 0 Å². The van der Waals surface area contributed by atoms with E-state index in [9.17, 15) is 22.0 Å². The van der Waals surface area contributed by atoms with Crippen LogP contribution < -0.4 is 0 Å². The van der Waals surface area contributed by atoms with E-state index in [0.717, 1.165) is 18.6 Å². The van der Waals surface area contributed by atoms with Gasteiger partial charge in [-0.1, -0.05) is 12.1 Å². The number of hydrogen-bond acceptors (Lipinski definition) is 2. The predicted molar refractivity (Wildman–Crippen MR) is 61.5 cm³/mol. The maximum Gasteiger partial charge on any atom is 0.200 e. The van der Waals surface area contributed by atoms with E-state index in [-0.39, 0.29) is 5.92 Å². The highest BCUT2D eigenvalue weighted by Crippen LogP contribution is 2.25. The van der Waals surface area contributed by atoms with Gasteiger partial charge in [0, 0.05) is 0 Å². The molecule has 0 amide bonds. The maximum absolute atomic E-state index is 13.3. The summed E-state index contributed by atoms with van der Waals surface area (Å²) in [5.41, 5.74) is -0.287. The van der Waals surface area contributed by atoms with Gasteiger partial charge < -0.3 is 4.84 Å². The van der Waals surface area contributed by atoms with Gasteiger partial charge in [-0.25, -0.2) is 22.0 Å². The molecule has 2 rings (SSSR count). The minimum absolute atomic E-state index is 0.200. The zero-order valence-corrected chi connectivity index (χ0v) is 10.7. The van der Waals surface area contributed by atoms with E-state index in [2.05, 4.69) is 5.16 Å². The van der Waals surface area contributed by atoms with Crippen molar-refractivity contribution in [2.45, 2.75) is 32.8 Å². The van der Waals surface area contributed by atoms with E-state index in [4.69, 9.17) is 4.84 Å². The average Bonchev–Trinajstić information content (AvgIpc) is 2.84. The van der Waals surface area contributed by atoms with Crippen LogP contribution in [0.25, 0.3) is 0 Å². The number of halogens is 5. The molecule has 1 aliphatic rings. The molecule has 1 unspecified atom stereocenters. The molecule has 0 N–H and O–H groups in total. The van der Waals surface area contributed by atoms with Crippen LogP contribution in [0.1, 0.15) is 31.7 Å². The third-order valence-electron chi connectivity index (χ3n) is 3.33. The Balaban J connectivity index is 2.18. The minimum atomic E-state index is -2.18. The minimum Gasteiger partial charge on any atom is -0.391 e. The summed E-state index contributed by atoms with van der Waals surface area (Å²) >= 11 is 0. The smallest absolute Gasteiger partial charge is 0.200 e. The third-order valence-corrected chi connectivity index (χ3v) is 3.33. The molecule has 2 nitrogen and oxygen atoms in total. The first-order valence-electron chi connectivity index (χ1n) is 6.12. The maximum atomic E-state index is 13.3. The van der Waals surface area contributed by atoms with Crippen molar-refractivity contribution in [3.63, 3.8) is 0 Å². The van der Waals surface area contributed by atoms with Crippen LogP contribution in [0.4, 0.5) is 22.0 Å². The summed E-state index contributed by atoms with van der Waals surface area (Å²) in [5.74, 6) is -9.72. The van der Waals surface area contributed by atoms with Gasteiger partial charge in [0.2, 0.25) is 5.82 Å². The van der Waals surface area contributed by atoms with Crippen LogP contribution in [0.15, 0.2) is 5.16 Å². The fourth-order valence-electron chi connectivity index (χ4n) is 2.09. The van der Waals surface area contributed by atoms with Crippen LogP contribution in [0, 0.1) is 35.0 Å². The second kappa shape index (κ2) is 5.76. The quantitative estimate of drug-likeness (QED) is 0.356. The lowest BCUT2D eigenvalue weighted by Gasteiger charge is -2.08. The largest absolute Gasteiger partial charge is 0.391 e. The average molecular weight is 293 g/mol. The molecule has 110 valence electrons. The van der Waals surface area contributed by atoms with E-state index in [1.165, 1.54) is 0 Å². The molecular formula is C13H12F5NO. The first-order valence-corrected chi connectivity index (χ1v) is 6.12. The highest BCUT2D eigenvalue weighted by molar-refractivity contribution is 5.87. The molecule has 0 saturated heterocycles. The Hall–Kier alpha value is -1.66. The van der Waals surface area contributed by atoms with Crippen molar-refractivity contribution in [1.82, 2.24) is 0 Å². The standard InChI is InChI=1S/C13H12F5NO/c1-6-3-2-4-8(6)19-20-5-7-9(14)11(16)13(18)12(17)10(7)15/h6H,2-5H2,1H3/b19-8+. The summed E-state index contributed by atoms with van der Waals surface area (Å²) in [6, 6.07) is 0. The molecule has 0 aromatic heterocycles. The Labute approximate surface area is 112 Å². The molecule has 1 aromatic rings. The molecule has 1 saturated carbocycles. The molecule has 20 heavy (non-hydrogen) atoms. The summed E-state index contributed by atoms with van der Waals surface area (Å²) in [4.78, 5) is 4.74. The zero-order chi connectivity index (χ0) is 14.9. The van der Waals surface area contributed by atoms with Gasteiger partial charge in [-0.05, 0) is 25.2 Å². The molecular weight excluding hydrogens is 281 g/mol. The molecule has 0 aliphatic heterocycles. The van der Waals surface area contributed by atoms with Crippen LogP contribution in [-0.2, 0) is 11.4 Å². The molecule has 7 heteroatoms. The summed E-state index contributed by atoms with van der Waals surface area (Å²) in [6.07, 6.45) is 2.58. The van der Waals surface area contributed by atoms with E-state index in [1.807, 2.05) is 6.92 Å². The lowest BCUT2D eigenvalue weighted by atomic mass is 10.1. The molecule has 0 radical (unpaired) electrons. The number of hydrogen-bond donors (Lipinski definition) is 0. The Morgan fingerprint density at radius 3 is 2.05 bits per heavy atom. The van der Waals surface area contributed by atoms with Gasteiger partial charge >= 0.3 is 0 Å². The van der Waals surface area contributed by atoms with E-state index < -0.39 is 41.3 Å². The highest BCUT2D eigenvalue weighted by Gasteiger charge is 2.26. The molecule has 1 aromatic carbocycles. The van der Waals surface area contributed by atoms with Gasteiger partial charge in [0.25, 0.3) is 0 Å². The second-order valence-electron chi connectivity index (χ2n) is 4.70. The fraction of sp³-hybridized carbons (Fsp3) is 0.462. The van der Waals surface area contributed by atoms with Crippen molar-refractivity contribution in [3.8, 4) is 0 Å². The third kappa shape index (κ3) is 2.62. The lowest BCUT2D eigenvalue weighted by molar-refractivity contribution is 0.121. The second-order valence-corrected chi connectivity index (χ2v) is 4.70. The van der Waals surface area contributed by atoms with Crippen molar-refractivity contribution in [3.05, 3.63) is 34.6 Å². The molecule has 1 atom stereocenters. The molecule has 1 aliphatic carbocycles. The lowest BCUT2D eigenvalue weighted by Crippen LogP contribution is -2.09. The molecule has 1 fully saturated rings. The fourth-order valence-corrected chi connectivity index (χ4v) is 2.09. The summed E-state index contributed by atoms with van der Waals surface area (Å²) in [6.45, 7) is 1.12. The van der Waals surface area contributed by atoms with Gasteiger partial charge in [0.05, 0.1) is 11.3 Å².